The quantitative estimate of drug-likeness (QED) is 0.361. The number of esters is 1. The second-order valence-electron chi connectivity index (χ2n) is 6.00. The lowest BCUT2D eigenvalue weighted by Gasteiger charge is -2.22. The van der Waals surface area contributed by atoms with Gasteiger partial charge in [-0.05, 0) is 31.2 Å². The molecule has 2 aromatic rings. The van der Waals surface area contributed by atoms with Crippen molar-refractivity contribution in [1.29, 1.82) is 0 Å². The molecule has 1 aromatic heterocycles. The van der Waals surface area contributed by atoms with Crippen molar-refractivity contribution in [3.05, 3.63) is 79.6 Å². The highest BCUT2D eigenvalue weighted by Crippen LogP contribution is 2.30. The summed E-state index contributed by atoms with van der Waals surface area (Å²) in [6.45, 7) is 3.18. The van der Waals surface area contributed by atoms with Gasteiger partial charge in [0.1, 0.15) is 17.0 Å². The molecule has 3 rings (SSSR count). The summed E-state index contributed by atoms with van der Waals surface area (Å²) in [5, 5.41) is 11.6. The molecule has 0 spiro atoms. The fourth-order valence-corrected chi connectivity index (χ4v) is 2.70. The Morgan fingerprint density at radius 2 is 2.04 bits per heavy atom. The van der Waals surface area contributed by atoms with Crippen molar-refractivity contribution < 1.29 is 23.3 Å². The number of benzene rings is 1. The molecule has 1 aliphatic rings. The Morgan fingerprint density at radius 1 is 1.31 bits per heavy atom. The molecule has 0 N–H and O–H groups in total. The molecule has 1 aromatic carbocycles. The van der Waals surface area contributed by atoms with E-state index in [0.717, 1.165) is 17.7 Å². The van der Waals surface area contributed by atoms with Gasteiger partial charge < -0.3 is 9.15 Å². The molecule has 0 saturated carbocycles. The minimum atomic E-state index is -1.45. The minimum Gasteiger partial charge on any atom is -0.446 e. The SMILES string of the molecule is Cc1ccc2oc(=O)c(C(=O)OC3C([N+](=O)[O-])=CC=C(F)C3C)cc2c1. The van der Waals surface area contributed by atoms with Gasteiger partial charge in [0.15, 0.2) is 0 Å². The third kappa shape index (κ3) is 3.13. The van der Waals surface area contributed by atoms with Crippen LogP contribution in [-0.4, -0.2) is 17.0 Å². The largest absolute Gasteiger partial charge is 0.446 e. The molecule has 0 saturated heterocycles. The molecule has 1 aliphatic carbocycles. The van der Waals surface area contributed by atoms with Crippen LogP contribution in [0.2, 0.25) is 0 Å². The van der Waals surface area contributed by atoms with Gasteiger partial charge in [-0.2, -0.15) is 0 Å². The highest BCUT2D eigenvalue weighted by Gasteiger charge is 2.39. The van der Waals surface area contributed by atoms with E-state index in [1.165, 1.54) is 13.0 Å². The van der Waals surface area contributed by atoms with Gasteiger partial charge in [-0.1, -0.05) is 18.6 Å². The lowest BCUT2D eigenvalue weighted by molar-refractivity contribution is -0.437. The molecule has 134 valence electrons. The standard InChI is InChI=1S/C18H14FNO6/c1-9-3-6-15-11(7-9)8-12(17(21)25-15)18(22)26-16-10(2)13(19)4-5-14(16)20(23)24/h3-8,10,16H,1-2H3. The first kappa shape index (κ1) is 17.5. The number of nitrogens with zero attached hydrogens (tertiary/aromatic N) is 1. The van der Waals surface area contributed by atoms with Gasteiger partial charge in [0.2, 0.25) is 6.10 Å². The third-order valence-corrected chi connectivity index (χ3v) is 4.15. The molecular weight excluding hydrogens is 345 g/mol. The summed E-state index contributed by atoms with van der Waals surface area (Å²) in [5.74, 6) is -2.81. The molecule has 1 heterocycles. The highest BCUT2D eigenvalue weighted by atomic mass is 19.1. The van der Waals surface area contributed by atoms with E-state index < -0.39 is 45.6 Å². The predicted molar refractivity (Wildman–Crippen MR) is 89.9 cm³/mol. The number of aryl methyl sites for hydroxylation is 1. The van der Waals surface area contributed by atoms with Gasteiger partial charge in [0.25, 0.3) is 5.70 Å². The Kier molecular flexibility index (Phi) is 4.41. The number of fused-ring (bicyclic) bond motifs is 1. The van der Waals surface area contributed by atoms with Gasteiger partial charge in [0.05, 0.1) is 10.8 Å². The molecule has 8 heteroatoms. The van der Waals surface area contributed by atoms with Crippen LogP contribution in [0.3, 0.4) is 0 Å². The number of hydrogen-bond acceptors (Lipinski definition) is 6. The van der Waals surface area contributed by atoms with E-state index in [1.54, 1.807) is 18.2 Å². The number of hydrogen-bond donors (Lipinski definition) is 0. The second kappa shape index (κ2) is 6.55. The highest BCUT2D eigenvalue weighted by molar-refractivity contribution is 5.93. The average Bonchev–Trinajstić information content (AvgIpc) is 2.58. The topological polar surface area (TPSA) is 99.7 Å². The summed E-state index contributed by atoms with van der Waals surface area (Å²) in [4.78, 5) is 34.9. The van der Waals surface area contributed by atoms with E-state index in [4.69, 9.17) is 9.15 Å². The molecule has 7 nitrogen and oxygen atoms in total. The van der Waals surface area contributed by atoms with E-state index in [2.05, 4.69) is 0 Å². The molecule has 0 bridgehead atoms. The number of allylic oxidation sites excluding steroid dienone is 2. The summed E-state index contributed by atoms with van der Waals surface area (Å²) in [5.41, 5.74) is -0.626. The summed E-state index contributed by atoms with van der Waals surface area (Å²) in [6, 6.07) is 6.35. The lowest BCUT2D eigenvalue weighted by Crippen LogP contribution is -2.33. The van der Waals surface area contributed by atoms with Crippen LogP contribution in [0.15, 0.2) is 57.2 Å². The lowest BCUT2D eigenvalue weighted by atomic mass is 9.95. The zero-order valence-electron chi connectivity index (χ0n) is 13.9. The minimum absolute atomic E-state index is 0.294. The van der Waals surface area contributed by atoms with E-state index in [-0.39, 0.29) is 0 Å². The monoisotopic (exact) mass is 359 g/mol. The van der Waals surface area contributed by atoms with Crippen molar-refractivity contribution >= 4 is 16.9 Å². The zero-order chi connectivity index (χ0) is 19.0. The molecular formula is C18H14FNO6. The first-order chi connectivity index (χ1) is 12.3. The van der Waals surface area contributed by atoms with Crippen LogP contribution in [0.25, 0.3) is 11.0 Å². The number of rotatable bonds is 3. The van der Waals surface area contributed by atoms with Crippen LogP contribution < -0.4 is 5.63 Å². The van der Waals surface area contributed by atoms with E-state index >= 15 is 0 Å². The van der Waals surface area contributed by atoms with Crippen LogP contribution in [0.4, 0.5) is 4.39 Å². The Balaban J connectivity index is 1.97. The Hall–Kier alpha value is -3.29. The number of halogens is 1. The first-order valence-electron chi connectivity index (χ1n) is 7.75. The van der Waals surface area contributed by atoms with Crippen molar-refractivity contribution in [3.8, 4) is 0 Å². The van der Waals surface area contributed by atoms with Crippen molar-refractivity contribution in [3.63, 3.8) is 0 Å². The average molecular weight is 359 g/mol. The fourth-order valence-electron chi connectivity index (χ4n) is 2.70. The Labute approximate surface area is 146 Å². The van der Waals surface area contributed by atoms with Crippen molar-refractivity contribution in [2.24, 2.45) is 5.92 Å². The van der Waals surface area contributed by atoms with Gasteiger partial charge in [-0.15, -0.1) is 0 Å². The maximum atomic E-state index is 13.8. The third-order valence-electron chi connectivity index (χ3n) is 4.15. The van der Waals surface area contributed by atoms with Crippen LogP contribution in [0.5, 0.6) is 0 Å². The molecule has 2 atom stereocenters. The fraction of sp³-hybridized carbons (Fsp3) is 0.222. The predicted octanol–water partition coefficient (Wildman–Crippen LogP) is 3.29. The summed E-state index contributed by atoms with van der Waals surface area (Å²) < 4.78 is 24.0. The van der Waals surface area contributed by atoms with E-state index in [1.807, 2.05) is 6.92 Å². The molecule has 0 aliphatic heterocycles. The maximum absolute atomic E-state index is 13.8. The second-order valence-corrected chi connectivity index (χ2v) is 6.00. The summed E-state index contributed by atoms with van der Waals surface area (Å²) in [7, 11) is 0. The molecule has 0 fully saturated rings. The van der Waals surface area contributed by atoms with E-state index in [9.17, 15) is 24.1 Å². The summed E-state index contributed by atoms with van der Waals surface area (Å²) in [6.07, 6.45) is 0.454. The summed E-state index contributed by atoms with van der Waals surface area (Å²) >= 11 is 0. The van der Waals surface area contributed by atoms with Crippen molar-refractivity contribution in [2.75, 3.05) is 0 Å². The first-order valence-corrected chi connectivity index (χ1v) is 7.75. The van der Waals surface area contributed by atoms with E-state index in [0.29, 0.717) is 11.0 Å². The van der Waals surface area contributed by atoms with Gasteiger partial charge in [-0.25, -0.2) is 14.0 Å². The smallest absolute Gasteiger partial charge is 0.351 e. The number of nitro groups is 1. The molecule has 0 amide bonds. The Morgan fingerprint density at radius 3 is 2.73 bits per heavy atom. The van der Waals surface area contributed by atoms with Gasteiger partial charge in [0, 0.05) is 11.5 Å². The number of carbonyl (C=O) groups is 1. The zero-order valence-corrected chi connectivity index (χ0v) is 13.9. The molecule has 2 unspecified atom stereocenters. The number of ether oxygens (including phenoxy) is 1. The van der Waals surface area contributed by atoms with Gasteiger partial charge >= 0.3 is 11.6 Å². The van der Waals surface area contributed by atoms with Crippen LogP contribution in [0, 0.1) is 23.0 Å². The maximum Gasteiger partial charge on any atom is 0.351 e. The molecule has 0 radical (unpaired) electrons. The van der Waals surface area contributed by atoms with Crippen molar-refractivity contribution in [2.45, 2.75) is 20.0 Å². The van der Waals surface area contributed by atoms with Crippen LogP contribution in [-0.2, 0) is 4.74 Å². The molecule has 26 heavy (non-hydrogen) atoms. The normalized spacial score (nSPS) is 19.7. The van der Waals surface area contributed by atoms with Gasteiger partial charge in [-0.3, -0.25) is 10.1 Å². The van der Waals surface area contributed by atoms with Crippen molar-refractivity contribution in [1.82, 2.24) is 0 Å². The van der Waals surface area contributed by atoms with Crippen LogP contribution >= 0.6 is 0 Å². The van der Waals surface area contributed by atoms with Crippen LogP contribution in [0.1, 0.15) is 22.8 Å². The number of carbonyl (C=O) groups excluding carboxylic acids is 1. The Bertz CT molecular complexity index is 1040.